The zero-order chi connectivity index (χ0) is 10.8. The van der Waals surface area contributed by atoms with Crippen molar-refractivity contribution in [1.82, 2.24) is 5.32 Å². The van der Waals surface area contributed by atoms with Gasteiger partial charge in [-0.15, -0.1) is 0 Å². The summed E-state index contributed by atoms with van der Waals surface area (Å²) in [6, 6.07) is 2.32. The molecule has 1 aromatic carbocycles. The first-order chi connectivity index (χ1) is 7.18. The van der Waals surface area contributed by atoms with Gasteiger partial charge in [0, 0.05) is 18.2 Å². The average Bonchev–Trinajstić information content (AvgIpc) is 2.25. The van der Waals surface area contributed by atoms with Crippen LogP contribution in [0, 0.1) is 5.82 Å². The molecule has 1 fully saturated rings. The SMILES string of the molecule is Oc1cc(F)c(Cl)cc1C1COCCN1. The van der Waals surface area contributed by atoms with Crippen molar-refractivity contribution >= 4 is 11.6 Å². The normalized spacial score (nSPS) is 21.6. The first kappa shape index (κ1) is 10.7. The van der Waals surface area contributed by atoms with Crippen LogP contribution in [0.5, 0.6) is 5.75 Å². The fourth-order valence-corrected chi connectivity index (χ4v) is 1.77. The van der Waals surface area contributed by atoms with Crippen molar-refractivity contribution in [2.45, 2.75) is 6.04 Å². The van der Waals surface area contributed by atoms with Crippen LogP contribution in [0.1, 0.15) is 11.6 Å². The van der Waals surface area contributed by atoms with Crippen molar-refractivity contribution < 1.29 is 14.2 Å². The number of rotatable bonds is 1. The number of hydrogen-bond acceptors (Lipinski definition) is 3. The maximum absolute atomic E-state index is 13.0. The number of morpholine rings is 1. The second-order valence-corrected chi connectivity index (χ2v) is 3.81. The van der Waals surface area contributed by atoms with Crippen molar-refractivity contribution in [3.63, 3.8) is 0 Å². The quantitative estimate of drug-likeness (QED) is 0.775. The molecule has 82 valence electrons. The van der Waals surface area contributed by atoms with Gasteiger partial charge in [-0.05, 0) is 6.07 Å². The Morgan fingerprint density at radius 1 is 1.53 bits per heavy atom. The van der Waals surface area contributed by atoms with Crippen LogP contribution in [0.4, 0.5) is 4.39 Å². The van der Waals surface area contributed by atoms with Crippen molar-refractivity contribution in [1.29, 1.82) is 0 Å². The third-order valence-corrected chi connectivity index (χ3v) is 2.66. The number of phenolic OH excluding ortho intramolecular Hbond substituents is 1. The molecule has 0 saturated carbocycles. The molecule has 3 nitrogen and oxygen atoms in total. The Labute approximate surface area is 91.8 Å². The standard InChI is InChI=1S/C10H11ClFNO2/c11-7-3-6(10(14)4-8(7)12)9-5-15-2-1-13-9/h3-4,9,13-14H,1-2,5H2. The van der Waals surface area contributed by atoms with Crippen molar-refractivity contribution in [3.05, 3.63) is 28.5 Å². The molecular weight excluding hydrogens is 221 g/mol. The smallest absolute Gasteiger partial charge is 0.145 e. The molecule has 1 aliphatic heterocycles. The first-order valence-corrected chi connectivity index (χ1v) is 5.05. The third kappa shape index (κ3) is 2.22. The van der Waals surface area contributed by atoms with Crippen LogP contribution >= 0.6 is 11.6 Å². The molecular formula is C10H11ClFNO2. The van der Waals surface area contributed by atoms with Crippen molar-refractivity contribution in [3.8, 4) is 5.75 Å². The van der Waals surface area contributed by atoms with E-state index in [1.807, 2.05) is 0 Å². The lowest BCUT2D eigenvalue weighted by Gasteiger charge is -2.24. The van der Waals surface area contributed by atoms with E-state index in [0.717, 1.165) is 6.07 Å². The van der Waals surface area contributed by atoms with Crippen LogP contribution in [0.25, 0.3) is 0 Å². The lowest BCUT2D eigenvalue weighted by Crippen LogP contribution is -2.34. The predicted molar refractivity (Wildman–Crippen MR) is 54.6 cm³/mol. The fraction of sp³-hybridized carbons (Fsp3) is 0.400. The summed E-state index contributed by atoms with van der Waals surface area (Å²) in [6.07, 6.45) is 0. The molecule has 0 radical (unpaired) electrons. The molecule has 0 aliphatic carbocycles. The topological polar surface area (TPSA) is 41.5 Å². The molecule has 5 heteroatoms. The van der Waals surface area contributed by atoms with Gasteiger partial charge in [-0.25, -0.2) is 4.39 Å². The zero-order valence-corrected chi connectivity index (χ0v) is 8.72. The second kappa shape index (κ2) is 4.35. The minimum absolute atomic E-state index is 0.00942. The summed E-state index contributed by atoms with van der Waals surface area (Å²) < 4.78 is 18.2. The Hall–Kier alpha value is -0.840. The molecule has 0 spiro atoms. The Morgan fingerprint density at radius 2 is 2.33 bits per heavy atom. The van der Waals surface area contributed by atoms with Gasteiger partial charge in [0.1, 0.15) is 11.6 Å². The molecule has 1 aliphatic rings. The minimum Gasteiger partial charge on any atom is -0.507 e. The molecule has 2 rings (SSSR count). The van der Waals surface area contributed by atoms with Crippen molar-refractivity contribution in [2.75, 3.05) is 19.8 Å². The molecule has 0 amide bonds. The Balaban J connectivity index is 2.30. The van der Waals surface area contributed by atoms with Crippen LogP contribution in [0.2, 0.25) is 5.02 Å². The molecule has 15 heavy (non-hydrogen) atoms. The van der Waals surface area contributed by atoms with Gasteiger partial charge < -0.3 is 15.2 Å². The highest BCUT2D eigenvalue weighted by Crippen LogP contribution is 2.30. The number of halogens is 2. The largest absolute Gasteiger partial charge is 0.507 e. The molecule has 0 bridgehead atoms. The van der Waals surface area contributed by atoms with E-state index in [4.69, 9.17) is 16.3 Å². The van der Waals surface area contributed by atoms with E-state index < -0.39 is 5.82 Å². The highest BCUT2D eigenvalue weighted by atomic mass is 35.5. The highest BCUT2D eigenvalue weighted by Gasteiger charge is 2.20. The number of hydrogen-bond donors (Lipinski definition) is 2. The fourth-order valence-electron chi connectivity index (χ4n) is 1.60. The van der Waals surface area contributed by atoms with E-state index in [2.05, 4.69) is 5.32 Å². The van der Waals surface area contributed by atoms with Crippen LogP contribution in [0.15, 0.2) is 12.1 Å². The molecule has 0 aromatic heterocycles. The Kier molecular flexibility index (Phi) is 3.09. The van der Waals surface area contributed by atoms with Gasteiger partial charge in [0.05, 0.1) is 24.3 Å². The monoisotopic (exact) mass is 231 g/mol. The van der Waals surface area contributed by atoms with Gasteiger partial charge in [0.15, 0.2) is 0 Å². The average molecular weight is 232 g/mol. The second-order valence-electron chi connectivity index (χ2n) is 3.41. The third-order valence-electron chi connectivity index (χ3n) is 2.37. The van der Waals surface area contributed by atoms with Gasteiger partial charge in [-0.3, -0.25) is 0 Å². The number of ether oxygens (including phenoxy) is 1. The predicted octanol–water partition coefficient (Wildman–Crippen LogP) is 1.85. The Morgan fingerprint density at radius 3 is 3.00 bits per heavy atom. The van der Waals surface area contributed by atoms with Gasteiger partial charge in [-0.1, -0.05) is 11.6 Å². The minimum atomic E-state index is -0.616. The van der Waals surface area contributed by atoms with Crippen molar-refractivity contribution in [2.24, 2.45) is 0 Å². The van der Waals surface area contributed by atoms with Crippen LogP contribution in [0.3, 0.4) is 0 Å². The lowest BCUT2D eigenvalue weighted by molar-refractivity contribution is 0.0760. The van der Waals surface area contributed by atoms with E-state index in [1.54, 1.807) is 0 Å². The van der Waals surface area contributed by atoms with E-state index in [9.17, 15) is 9.50 Å². The molecule has 2 N–H and O–H groups in total. The van der Waals surface area contributed by atoms with Gasteiger partial charge in [0.25, 0.3) is 0 Å². The molecule has 1 heterocycles. The first-order valence-electron chi connectivity index (χ1n) is 4.67. The number of phenols is 1. The zero-order valence-electron chi connectivity index (χ0n) is 7.96. The summed E-state index contributed by atoms with van der Waals surface area (Å²) in [7, 11) is 0. The summed E-state index contributed by atoms with van der Waals surface area (Å²) in [5.41, 5.74) is 0.570. The van der Waals surface area contributed by atoms with E-state index >= 15 is 0 Å². The number of aromatic hydroxyl groups is 1. The molecule has 1 unspecified atom stereocenters. The number of nitrogens with one attached hydrogen (secondary N) is 1. The molecule has 1 aromatic rings. The van der Waals surface area contributed by atoms with Gasteiger partial charge in [0.2, 0.25) is 0 Å². The molecule has 1 saturated heterocycles. The maximum atomic E-state index is 13.0. The highest BCUT2D eigenvalue weighted by molar-refractivity contribution is 6.30. The Bertz CT molecular complexity index is 367. The molecule has 1 atom stereocenters. The summed E-state index contributed by atoms with van der Waals surface area (Å²) >= 11 is 5.65. The summed E-state index contributed by atoms with van der Waals surface area (Å²) in [5, 5.41) is 12.7. The summed E-state index contributed by atoms with van der Waals surface area (Å²) in [6.45, 7) is 1.81. The van der Waals surface area contributed by atoms with Gasteiger partial charge in [-0.2, -0.15) is 0 Å². The van der Waals surface area contributed by atoms with E-state index in [-0.39, 0.29) is 16.8 Å². The van der Waals surface area contributed by atoms with Crippen LogP contribution in [-0.4, -0.2) is 24.9 Å². The number of benzene rings is 1. The van der Waals surface area contributed by atoms with Crippen LogP contribution < -0.4 is 5.32 Å². The summed E-state index contributed by atoms with van der Waals surface area (Å²) in [5.74, 6) is -0.713. The van der Waals surface area contributed by atoms with E-state index in [0.29, 0.717) is 25.3 Å². The van der Waals surface area contributed by atoms with Gasteiger partial charge >= 0.3 is 0 Å². The van der Waals surface area contributed by atoms with E-state index in [1.165, 1.54) is 6.07 Å². The maximum Gasteiger partial charge on any atom is 0.145 e. The summed E-state index contributed by atoms with van der Waals surface area (Å²) in [4.78, 5) is 0. The lowest BCUT2D eigenvalue weighted by atomic mass is 10.1. The van der Waals surface area contributed by atoms with Crippen LogP contribution in [-0.2, 0) is 4.74 Å².